The van der Waals surface area contributed by atoms with Crippen LogP contribution in [0.25, 0.3) is 0 Å². The number of hydrogen-bond acceptors (Lipinski definition) is 4. The minimum absolute atomic E-state index is 0.212. The molecule has 0 amide bonds. The van der Waals surface area contributed by atoms with Gasteiger partial charge in [0.1, 0.15) is 0 Å². The Morgan fingerprint density at radius 1 is 0.731 bits per heavy atom. The van der Waals surface area contributed by atoms with Crippen LogP contribution in [0.1, 0.15) is 94.4 Å². The first-order valence-corrected chi connectivity index (χ1v) is 10.8. The van der Waals surface area contributed by atoms with Crippen molar-refractivity contribution >= 4 is 0 Å². The Hall–Kier alpha value is -0.160. The molecule has 26 heavy (non-hydrogen) atoms. The molecule has 2 heterocycles. The molecule has 154 valence electrons. The fourth-order valence-corrected chi connectivity index (χ4v) is 5.90. The van der Waals surface area contributed by atoms with Crippen molar-refractivity contribution in [3.05, 3.63) is 0 Å². The Morgan fingerprint density at radius 3 is 1.54 bits per heavy atom. The lowest BCUT2D eigenvalue weighted by molar-refractivity contribution is 0.137. The average Bonchev–Trinajstić information content (AvgIpc) is 2.29. The van der Waals surface area contributed by atoms with Gasteiger partial charge in [-0.3, -0.25) is 0 Å². The van der Waals surface area contributed by atoms with Gasteiger partial charge in [0, 0.05) is 40.3 Å². The molecular formula is C22H46N4. The van der Waals surface area contributed by atoms with E-state index >= 15 is 0 Å². The number of nitrogens with one attached hydrogen (secondary N) is 4. The zero-order chi connectivity index (χ0) is 19.8. The summed E-state index contributed by atoms with van der Waals surface area (Å²) in [6, 6.07) is 1.78. The summed E-state index contributed by atoms with van der Waals surface area (Å²) in [6.45, 7) is 22.1. The van der Waals surface area contributed by atoms with Gasteiger partial charge in [-0.05, 0) is 101 Å². The quantitative estimate of drug-likeness (QED) is 0.580. The maximum Gasteiger partial charge on any atom is 0.0144 e. The lowest BCUT2D eigenvalue weighted by Crippen LogP contribution is -2.62. The molecule has 2 rings (SSSR count). The highest BCUT2D eigenvalue weighted by Crippen LogP contribution is 2.29. The second-order valence-corrected chi connectivity index (χ2v) is 11.8. The molecule has 2 aliphatic rings. The number of hydrogen-bond donors (Lipinski definition) is 4. The highest BCUT2D eigenvalue weighted by Gasteiger charge is 2.38. The van der Waals surface area contributed by atoms with Gasteiger partial charge in [0.2, 0.25) is 0 Å². The Bertz CT molecular complexity index is 435. The summed E-state index contributed by atoms with van der Waals surface area (Å²) < 4.78 is 0. The number of rotatable bonds is 6. The van der Waals surface area contributed by atoms with E-state index in [1.54, 1.807) is 0 Å². The molecule has 0 aromatic rings. The molecule has 0 aromatic carbocycles. The van der Waals surface area contributed by atoms with Gasteiger partial charge in [-0.25, -0.2) is 0 Å². The van der Waals surface area contributed by atoms with E-state index in [0.29, 0.717) is 18.1 Å². The SMILES string of the molecule is CC(CCNC1CC(C)(C)NC(C)(C)C1)NC1CC(C)(C)NC(C)(C)C1. The van der Waals surface area contributed by atoms with E-state index in [4.69, 9.17) is 0 Å². The van der Waals surface area contributed by atoms with Gasteiger partial charge in [-0.2, -0.15) is 0 Å². The van der Waals surface area contributed by atoms with Crippen molar-refractivity contribution in [3.63, 3.8) is 0 Å². The smallest absolute Gasteiger partial charge is 0.0144 e. The molecule has 4 N–H and O–H groups in total. The minimum Gasteiger partial charge on any atom is -0.314 e. The molecule has 2 fully saturated rings. The summed E-state index contributed by atoms with van der Waals surface area (Å²) >= 11 is 0. The third-order valence-corrected chi connectivity index (χ3v) is 5.91. The molecule has 0 aromatic heterocycles. The van der Waals surface area contributed by atoms with Crippen LogP contribution >= 0.6 is 0 Å². The van der Waals surface area contributed by atoms with E-state index in [2.05, 4.69) is 83.6 Å². The summed E-state index contributed by atoms with van der Waals surface area (Å²) in [5.74, 6) is 0. The zero-order valence-electron chi connectivity index (χ0n) is 19.0. The Balaban J connectivity index is 1.76. The topological polar surface area (TPSA) is 48.1 Å². The van der Waals surface area contributed by atoms with Gasteiger partial charge >= 0.3 is 0 Å². The van der Waals surface area contributed by atoms with E-state index < -0.39 is 0 Å². The highest BCUT2D eigenvalue weighted by atomic mass is 15.1. The second-order valence-electron chi connectivity index (χ2n) is 11.8. The van der Waals surface area contributed by atoms with Crippen molar-refractivity contribution in [2.24, 2.45) is 0 Å². The summed E-state index contributed by atoms with van der Waals surface area (Å²) in [7, 11) is 0. The Labute approximate surface area is 163 Å². The van der Waals surface area contributed by atoms with E-state index in [0.717, 1.165) is 6.54 Å². The van der Waals surface area contributed by atoms with Crippen LogP contribution in [0.4, 0.5) is 0 Å². The van der Waals surface area contributed by atoms with Crippen LogP contribution in [-0.4, -0.2) is 46.8 Å². The molecule has 0 radical (unpaired) electrons. The Kier molecular flexibility index (Phi) is 6.55. The monoisotopic (exact) mass is 366 g/mol. The Morgan fingerprint density at radius 2 is 1.12 bits per heavy atom. The molecule has 4 nitrogen and oxygen atoms in total. The summed E-state index contributed by atoms with van der Waals surface area (Å²) in [5.41, 5.74) is 0.860. The van der Waals surface area contributed by atoms with Gasteiger partial charge in [0.25, 0.3) is 0 Å². The lowest BCUT2D eigenvalue weighted by Gasteiger charge is -2.47. The van der Waals surface area contributed by atoms with Crippen LogP contribution in [0.3, 0.4) is 0 Å². The van der Waals surface area contributed by atoms with Crippen molar-refractivity contribution < 1.29 is 0 Å². The second kappa shape index (κ2) is 7.69. The van der Waals surface area contributed by atoms with Crippen LogP contribution in [0.2, 0.25) is 0 Å². The van der Waals surface area contributed by atoms with E-state index in [1.165, 1.54) is 32.1 Å². The summed E-state index contributed by atoms with van der Waals surface area (Å²) in [5, 5.41) is 15.3. The first kappa shape index (κ1) is 22.1. The van der Waals surface area contributed by atoms with Gasteiger partial charge in [-0.1, -0.05) is 0 Å². The molecular weight excluding hydrogens is 320 g/mol. The first-order valence-electron chi connectivity index (χ1n) is 10.8. The van der Waals surface area contributed by atoms with Crippen molar-refractivity contribution in [1.29, 1.82) is 0 Å². The molecule has 0 bridgehead atoms. The fraction of sp³-hybridized carbons (Fsp3) is 1.00. The maximum absolute atomic E-state index is 3.91. The van der Waals surface area contributed by atoms with Crippen LogP contribution in [0, 0.1) is 0 Å². The van der Waals surface area contributed by atoms with Gasteiger partial charge in [0.05, 0.1) is 0 Å². The largest absolute Gasteiger partial charge is 0.314 e. The third kappa shape index (κ3) is 7.10. The molecule has 1 unspecified atom stereocenters. The van der Waals surface area contributed by atoms with Crippen LogP contribution in [0.5, 0.6) is 0 Å². The van der Waals surface area contributed by atoms with Gasteiger partial charge < -0.3 is 21.3 Å². The molecule has 1 atom stereocenters. The molecule has 4 heteroatoms. The van der Waals surface area contributed by atoms with Crippen molar-refractivity contribution in [1.82, 2.24) is 21.3 Å². The molecule has 0 saturated carbocycles. The maximum atomic E-state index is 3.91. The van der Waals surface area contributed by atoms with Gasteiger partial charge in [-0.15, -0.1) is 0 Å². The standard InChI is InChI=1S/C22H46N4/c1-16(24-18-14-21(6,7)26-22(8,9)15-18)10-11-23-17-12-19(2,3)25-20(4,5)13-17/h16-18,23-26H,10-15H2,1-9H3. The average molecular weight is 367 g/mol. The van der Waals surface area contributed by atoms with E-state index in [1.807, 2.05) is 0 Å². The molecule has 0 aliphatic carbocycles. The zero-order valence-corrected chi connectivity index (χ0v) is 19.0. The summed E-state index contributed by atoms with van der Waals surface area (Å²) in [4.78, 5) is 0. The lowest BCUT2D eigenvalue weighted by atomic mass is 9.79. The van der Waals surface area contributed by atoms with Crippen molar-refractivity contribution in [2.75, 3.05) is 6.54 Å². The van der Waals surface area contributed by atoms with E-state index in [-0.39, 0.29) is 22.2 Å². The third-order valence-electron chi connectivity index (χ3n) is 5.91. The molecule has 2 aliphatic heterocycles. The predicted octanol–water partition coefficient (Wildman–Crippen LogP) is 3.56. The van der Waals surface area contributed by atoms with Gasteiger partial charge in [0.15, 0.2) is 0 Å². The van der Waals surface area contributed by atoms with Crippen molar-refractivity contribution in [3.8, 4) is 0 Å². The van der Waals surface area contributed by atoms with Crippen LogP contribution in [-0.2, 0) is 0 Å². The highest BCUT2D eigenvalue weighted by molar-refractivity contribution is 5.01. The predicted molar refractivity (Wildman–Crippen MR) is 114 cm³/mol. The first-order chi connectivity index (χ1) is 11.7. The van der Waals surface area contributed by atoms with Crippen LogP contribution < -0.4 is 21.3 Å². The molecule has 2 saturated heterocycles. The van der Waals surface area contributed by atoms with Crippen molar-refractivity contribution in [2.45, 2.75) is 135 Å². The minimum atomic E-state index is 0.212. The summed E-state index contributed by atoms with van der Waals surface area (Å²) in [6.07, 6.45) is 6.00. The fourth-order valence-electron chi connectivity index (χ4n) is 5.90. The normalized spacial score (nSPS) is 29.4. The number of piperidine rings is 2. The van der Waals surface area contributed by atoms with Crippen LogP contribution in [0.15, 0.2) is 0 Å². The van der Waals surface area contributed by atoms with E-state index in [9.17, 15) is 0 Å². The molecule has 0 spiro atoms.